The van der Waals surface area contributed by atoms with Gasteiger partial charge in [0.2, 0.25) is 0 Å². The molecule has 0 aliphatic heterocycles. The first-order valence-corrected chi connectivity index (χ1v) is 18.0. The Morgan fingerprint density at radius 1 is 0.837 bits per heavy atom. The van der Waals surface area contributed by atoms with Gasteiger partial charge in [0.15, 0.2) is 0 Å². The molecule has 4 nitrogen and oxygen atoms in total. The number of fused-ring (bicyclic) bond motifs is 7. The smallest absolute Gasteiger partial charge is 0.335 e. The van der Waals surface area contributed by atoms with Crippen LogP contribution in [0.2, 0.25) is 0 Å². The van der Waals surface area contributed by atoms with Crippen LogP contribution in [0.5, 0.6) is 0 Å². The van der Waals surface area contributed by atoms with Crippen molar-refractivity contribution in [1.82, 2.24) is 0 Å². The first-order chi connectivity index (χ1) is 23.3. The maximum Gasteiger partial charge on any atom is 0.335 e. The summed E-state index contributed by atoms with van der Waals surface area (Å²) in [6, 6.07) is 7.66. The molecule has 0 bridgehead atoms. The Balaban J connectivity index is 0.00000145. The van der Waals surface area contributed by atoms with E-state index < -0.39 is 5.97 Å². The third-order valence-electron chi connectivity index (χ3n) is 12.9. The summed E-state index contributed by atoms with van der Waals surface area (Å²) in [5, 5.41) is 16.5. The Labute approximate surface area is 300 Å². The number of aromatic carboxylic acids is 1. The van der Waals surface area contributed by atoms with Gasteiger partial charge in [0.1, 0.15) is 0 Å². The number of hydrogen-bond acceptors (Lipinski definition) is 2. The van der Waals surface area contributed by atoms with Crippen molar-refractivity contribution in [3.63, 3.8) is 0 Å². The molecule has 5 aliphatic carbocycles. The van der Waals surface area contributed by atoms with Gasteiger partial charge in [-0.15, -0.1) is 45.1 Å². The molecule has 2 N–H and O–H groups in total. The Morgan fingerprint density at radius 3 is 1.96 bits per heavy atom. The van der Waals surface area contributed by atoms with E-state index in [-0.39, 0.29) is 11.9 Å². The van der Waals surface area contributed by atoms with E-state index in [0.717, 1.165) is 35.7 Å². The summed E-state index contributed by atoms with van der Waals surface area (Å²) >= 11 is 0. The number of carboxylic acids is 1. The fourth-order valence-corrected chi connectivity index (χ4v) is 11.5. The van der Waals surface area contributed by atoms with Gasteiger partial charge in [-0.2, -0.15) is 0 Å². The highest BCUT2D eigenvalue weighted by Gasteiger charge is 2.64. The zero-order valence-corrected chi connectivity index (χ0v) is 31.9. The van der Waals surface area contributed by atoms with Crippen LogP contribution in [0, 0.1) is 89.8 Å². The largest absolute Gasteiger partial charge is 0.483 e. The highest BCUT2D eigenvalue weighted by atomic mass is 16.4. The average molecular weight is 671 g/mol. The van der Waals surface area contributed by atoms with Gasteiger partial charge in [0, 0.05) is 0 Å². The normalized spacial score (nSPS) is 33.6. The molecule has 4 saturated carbocycles. The van der Waals surface area contributed by atoms with Crippen molar-refractivity contribution in [3.8, 4) is 38.5 Å². The van der Waals surface area contributed by atoms with E-state index in [1.165, 1.54) is 63.4 Å². The number of carboxylic acid groups (broad SMARTS) is 2. The Morgan fingerprint density at radius 2 is 1.41 bits per heavy atom. The maximum absolute atomic E-state index is 11.7. The summed E-state index contributed by atoms with van der Waals surface area (Å²) < 4.78 is 0. The number of allylic oxidation sites excluding steroid dienone is 3. The molecule has 4 unspecified atom stereocenters. The lowest BCUT2D eigenvalue weighted by molar-refractivity contribution is -0.176. The van der Waals surface area contributed by atoms with Crippen LogP contribution in [0.15, 0.2) is 43.0 Å². The average Bonchev–Trinajstić information content (AvgIpc) is 3.51. The van der Waals surface area contributed by atoms with Crippen molar-refractivity contribution < 1.29 is 19.8 Å². The van der Waals surface area contributed by atoms with Gasteiger partial charge in [-0.05, 0) is 139 Å². The summed E-state index contributed by atoms with van der Waals surface area (Å²) in [4.78, 5) is 20.0. The van der Waals surface area contributed by atoms with Crippen LogP contribution in [0.4, 0.5) is 0 Å². The van der Waals surface area contributed by atoms with Crippen LogP contribution in [-0.4, -0.2) is 22.7 Å². The van der Waals surface area contributed by atoms with E-state index in [1.807, 2.05) is 32.9 Å². The van der Waals surface area contributed by atoms with Gasteiger partial charge in [-0.3, -0.25) is 4.79 Å². The number of rotatable bonds is 2. The number of benzene rings is 1. The summed E-state index contributed by atoms with van der Waals surface area (Å²) in [5.41, 5.74) is 4.41. The van der Waals surface area contributed by atoms with Gasteiger partial charge in [-0.25, -0.2) is 4.79 Å². The molecule has 5 aliphatic rings. The molecule has 1 aromatic rings. The number of terminal acetylenes is 3. The third kappa shape index (κ3) is 8.92. The van der Waals surface area contributed by atoms with Crippen LogP contribution < -0.4 is 0 Å². The monoisotopic (exact) mass is 670 g/mol. The lowest BCUT2D eigenvalue weighted by atomic mass is 9.36. The van der Waals surface area contributed by atoms with Crippen molar-refractivity contribution in [1.29, 1.82) is 0 Å². The number of hydrogen-bond donors (Lipinski definition) is 2. The molecule has 0 amide bonds. The van der Waals surface area contributed by atoms with Gasteiger partial charge in [-0.1, -0.05) is 79.2 Å². The standard InChI is InChI=1S/C33H46O2.C3H6.C2H6.3C2H2.CH2O2/c1-30(2)24(21-8-6-9-22(20-21)29(34)35)14-18-33(5)27(30)15-19-32(4)26-13-17-31(3)16-7-10-25(31)23(26)11-12-28(32)33;1-3-2;4*1-2;2-1-3/h6,8-9,14,20,23,25-28H,7,10-13,15-19H2,1-5H3,(H,34,35);3H,1H2,2H3;1-2H3;3*1-2H;1H,(H,2,3)/t23-,25?,26?,27?,28?,31-,32+,33+;;;;;;/m1....../s1. The summed E-state index contributed by atoms with van der Waals surface area (Å²) in [7, 11) is 0. The van der Waals surface area contributed by atoms with Gasteiger partial charge < -0.3 is 10.2 Å². The van der Waals surface area contributed by atoms with Crippen molar-refractivity contribution in [2.75, 3.05) is 0 Å². The van der Waals surface area contributed by atoms with E-state index in [1.54, 1.807) is 12.1 Å². The molecule has 0 radical (unpaired) electrons. The molecule has 49 heavy (non-hydrogen) atoms. The molecule has 4 fully saturated rings. The van der Waals surface area contributed by atoms with E-state index in [0.29, 0.717) is 27.7 Å². The second kappa shape index (κ2) is 20.1. The topological polar surface area (TPSA) is 74.6 Å². The second-order valence-electron chi connectivity index (χ2n) is 15.1. The molecule has 6 rings (SSSR count). The van der Waals surface area contributed by atoms with Crippen molar-refractivity contribution in [3.05, 3.63) is 54.1 Å². The summed E-state index contributed by atoms with van der Waals surface area (Å²) in [5.74, 6) is 3.51. The van der Waals surface area contributed by atoms with Crippen LogP contribution in [0.25, 0.3) is 5.57 Å². The van der Waals surface area contributed by atoms with Crippen molar-refractivity contribution in [2.45, 2.75) is 120 Å². The van der Waals surface area contributed by atoms with Crippen LogP contribution in [0.3, 0.4) is 0 Å². The third-order valence-corrected chi connectivity index (χ3v) is 12.9. The maximum atomic E-state index is 11.7. The van der Waals surface area contributed by atoms with E-state index in [4.69, 9.17) is 9.90 Å². The van der Waals surface area contributed by atoms with Gasteiger partial charge >= 0.3 is 5.97 Å². The minimum absolute atomic E-state index is 0.0545. The Hall–Kier alpha value is -3.68. The highest BCUT2D eigenvalue weighted by Crippen LogP contribution is 2.73. The van der Waals surface area contributed by atoms with E-state index >= 15 is 0 Å². The Bertz CT molecular complexity index is 1280. The predicted octanol–water partition coefficient (Wildman–Crippen LogP) is 11.5. The first-order valence-electron chi connectivity index (χ1n) is 18.0. The molecule has 0 saturated heterocycles. The summed E-state index contributed by atoms with van der Waals surface area (Å²) in [6.45, 7) is 21.9. The predicted molar refractivity (Wildman–Crippen MR) is 209 cm³/mol. The van der Waals surface area contributed by atoms with E-state index in [2.05, 4.69) is 91.9 Å². The highest BCUT2D eigenvalue weighted by molar-refractivity contribution is 5.89. The zero-order chi connectivity index (χ0) is 38.2. The lowest BCUT2D eigenvalue weighted by Crippen LogP contribution is -2.60. The second-order valence-corrected chi connectivity index (χ2v) is 15.1. The molecule has 4 heteroatoms. The zero-order valence-electron chi connectivity index (χ0n) is 31.9. The van der Waals surface area contributed by atoms with E-state index in [9.17, 15) is 9.90 Å². The fourth-order valence-electron chi connectivity index (χ4n) is 11.5. The lowest BCUT2D eigenvalue weighted by Gasteiger charge is -2.68. The van der Waals surface area contributed by atoms with Gasteiger partial charge in [0.05, 0.1) is 5.56 Å². The molecule has 8 atom stereocenters. The van der Waals surface area contributed by atoms with Crippen molar-refractivity contribution >= 4 is 18.0 Å². The minimum atomic E-state index is -0.832. The minimum Gasteiger partial charge on any atom is -0.483 e. The summed E-state index contributed by atoms with van der Waals surface area (Å²) in [6.07, 6.45) is 42.4. The first kappa shape index (κ1) is 45.3. The van der Waals surface area contributed by atoms with Crippen molar-refractivity contribution in [2.24, 2.45) is 51.2 Å². The van der Waals surface area contributed by atoms with Crippen LogP contribution >= 0.6 is 0 Å². The van der Waals surface area contributed by atoms with Crippen LogP contribution in [0.1, 0.15) is 136 Å². The number of carbonyl (C=O) groups is 2. The molecule has 0 aromatic heterocycles. The molecule has 1 aromatic carbocycles. The quantitative estimate of drug-likeness (QED) is 0.187. The molecular formula is C45H66O4. The van der Waals surface area contributed by atoms with Crippen LogP contribution in [-0.2, 0) is 4.79 Å². The molecule has 0 spiro atoms. The Kier molecular flexibility index (Phi) is 18.6. The SMILES string of the molecule is C#C.C#C.C#C.C=CC.CC.CC1(C)C(c2cccc(C(=O)O)c2)=CC[C@@]2(C)C1CC[C@@]1(C)C3CC[C@@]4(C)CCCC4[C@H]3CCC12.O=CO. The fraction of sp³-hybridized carbons (Fsp3) is 0.600. The molecular weight excluding hydrogens is 604 g/mol. The van der Waals surface area contributed by atoms with Gasteiger partial charge in [0.25, 0.3) is 6.47 Å². The molecule has 270 valence electrons. The molecule has 0 heterocycles.